The number of likely N-dealkylation sites (tertiary alicyclic amines) is 1. The third-order valence-corrected chi connectivity index (χ3v) is 4.16. The number of unbranched alkanes of at least 4 members (excludes halogenated alkanes) is 2. The van der Waals surface area contributed by atoms with Crippen molar-refractivity contribution in [2.24, 2.45) is 11.7 Å². The van der Waals surface area contributed by atoms with Crippen molar-refractivity contribution in [2.75, 3.05) is 39.3 Å². The molecule has 3 N–H and O–H groups in total. The highest BCUT2D eigenvalue weighted by Crippen LogP contribution is 2.19. The molecule has 0 unspecified atom stereocenters. The average molecular weight is 313 g/mol. The minimum absolute atomic E-state index is 0.0286. The van der Waals surface area contributed by atoms with Crippen LogP contribution >= 0.6 is 0 Å². The maximum Gasteiger partial charge on any atom is 0.231 e. The summed E-state index contributed by atoms with van der Waals surface area (Å²) in [4.78, 5) is 27.7. The number of amides is 2. The molecule has 0 radical (unpaired) electrons. The molecule has 2 amide bonds. The van der Waals surface area contributed by atoms with E-state index >= 15 is 0 Å². The monoisotopic (exact) mass is 313 g/mol. The van der Waals surface area contributed by atoms with E-state index in [4.69, 9.17) is 10.8 Å². The Labute approximate surface area is 133 Å². The molecule has 0 aromatic rings. The first-order valence-electron chi connectivity index (χ1n) is 8.48. The Balaban J connectivity index is 2.56. The van der Waals surface area contributed by atoms with Crippen molar-refractivity contribution in [3.05, 3.63) is 0 Å². The topological polar surface area (TPSA) is 86.9 Å². The number of aliphatic hydroxyl groups excluding tert-OH is 1. The standard InChI is InChI=1S/C16H31N3O3/c1-2-3-9-19(10-4-5-11-20)16(22)14-7-6-8-18(12-14)13-15(17)21/h14,20H,2-13H2,1H3,(H2,17,21)/t14-/m1/s1. The predicted molar refractivity (Wildman–Crippen MR) is 86.2 cm³/mol. The molecule has 22 heavy (non-hydrogen) atoms. The highest BCUT2D eigenvalue weighted by atomic mass is 16.3. The molecule has 1 rings (SSSR count). The van der Waals surface area contributed by atoms with Gasteiger partial charge in [-0.2, -0.15) is 0 Å². The molecule has 1 fully saturated rings. The number of rotatable bonds is 10. The zero-order chi connectivity index (χ0) is 16.4. The lowest BCUT2D eigenvalue weighted by molar-refractivity contribution is -0.138. The summed E-state index contributed by atoms with van der Waals surface area (Å²) < 4.78 is 0. The molecule has 6 heteroatoms. The van der Waals surface area contributed by atoms with Gasteiger partial charge in [0.1, 0.15) is 0 Å². The number of hydrogen-bond acceptors (Lipinski definition) is 4. The van der Waals surface area contributed by atoms with Crippen LogP contribution in [0.15, 0.2) is 0 Å². The Hall–Kier alpha value is -1.14. The van der Waals surface area contributed by atoms with E-state index in [0.29, 0.717) is 13.1 Å². The Morgan fingerprint density at radius 3 is 2.64 bits per heavy atom. The van der Waals surface area contributed by atoms with E-state index in [-0.39, 0.29) is 30.9 Å². The van der Waals surface area contributed by atoms with Crippen molar-refractivity contribution in [3.63, 3.8) is 0 Å². The van der Waals surface area contributed by atoms with Gasteiger partial charge >= 0.3 is 0 Å². The van der Waals surface area contributed by atoms with Crippen molar-refractivity contribution in [2.45, 2.75) is 45.4 Å². The molecule has 128 valence electrons. The van der Waals surface area contributed by atoms with Crippen molar-refractivity contribution in [1.29, 1.82) is 0 Å². The fourth-order valence-corrected chi connectivity index (χ4v) is 2.97. The third-order valence-electron chi connectivity index (χ3n) is 4.16. The number of piperidine rings is 1. The van der Waals surface area contributed by atoms with Crippen molar-refractivity contribution in [1.82, 2.24) is 9.80 Å². The van der Waals surface area contributed by atoms with E-state index in [1.807, 2.05) is 9.80 Å². The number of nitrogens with two attached hydrogens (primary N) is 1. The number of carbonyl (C=O) groups is 2. The summed E-state index contributed by atoms with van der Waals surface area (Å²) in [5.74, 6) is -0.168. The lowest BCUT2D eigenvalue weighted by Crippen LogP contribution is -2.47. The van der Waals surface area contributed by atoms with Crippen molar-refractivity contribution >= 4 is 11.8 Å². The molecule has 1 heterocycles. The molecule has 0 bridgehead atoms. The number of nitrogens with zero attached hydrogens (tertiary/aromatic N) is 2. The van der Waals surface area contributed by atoms with Crippen LogP contribution in [-0.2, 0) is 9.59 Å². The van der Waals surface area contributed by atoms with E-state index in [0.717, 1.165) is 51.6 Å². The summed E-state index contributed by atoms with van der Waals surface area (Å²) in [6.45, 7) is 5.50. The molecular weight excluding hydrogens is 282 g/mol. The van der Waals surface area contributed by atoms with Gasteiger partial charge in [-0.25, -0.2) is 0 Å². The fraction of sp³-hybridized carbons (Fsp3) is 0.875. The van der Waals surface area contributed by atoms with Gasteiger partial charge in [0.05, 0.1) is 12.5 Å². The Morgan fingerprint density at radius 2 is 2.00 bits per heavy atom. The summed E-state index contributed by atoms with van der Waals surface area (Å²) in [5.41, 5.74) is 5.25. The molecule has 0 spiro atoms. The molecule has 0 aromatic carbocycles. The van der Waals surface area contributed by atoms with Gasteiger partial charge in [0.2, 0.25) is 11.8 Å². The first-order valence-corrected chi connectivity index (χ1v) is 8.48. The quantitative estimate of drug-likeness (QED) is 0.578. The number of primary amides is 1. The lowest BCUT2D eigenvalue weighted by atomic mass is 9.96. The van der Waals surface area contributed by atoms with Crippen LogP contribution in [-0.4, -0.2) is 66.1 Å². The summed E-state index contributed by atoms with van der Waals surface area (Å²) in [6, 6.07) is 0. The highest BCUT2D eigenvalue weighted by Gasteiger charge is 2.29. The molecule has 0 aliphatic carbocycles. The van der Waals surface area contributed by atoms with E-state index in [2.05, 4.69) is 6.92 Å². The maximum atomic E-state index is 12.8. The number of aliphatic hydroxyl groups is 1. The van der Waals surface area contributed by atoms with E-state index < -0.39 is 0 Å². The van der Waals surface area contributed by atoms with Crippen LogP contribution in [0.3, 0.4) is 0 Å². The summed E-state index contributed by atoms with van der Waals surface area (Å²) in [5, 5.41) is 8.91. The summed E-state index contributed by atoms with van der Waals surface area (Å²) >= 11 is 0. The van der Waals surface area contributed by atoms with Gasteiger partial charge in [-0.15, -0.1) is 0 Å². The number of hydrogen-bond donors (Lipinski definition) is 2. The molecule has 0 aromatic heterocycles. The van der Waals surface area contributed by atoms with Crippen LogP contribution < -0.4 is 5.73 Å². The van der Waals surface area contributed by atoms with Crippen molar-refractivity contribution < 1.29 is 14.7 Å². The minimum atomic E-state index is -0.334. The Kier molecular flexibility index (Phi) is 9.08. The predicted octanol–water partition coefficient (Wildman–Crippen LogP) is 0.585. The van der Waals surface area contributed by atoms with Crippen LogP contribution in [0.2, 0.25) is 0 Å². The number of carbonyl (C=O) groups excluding carboxylic acids is 2. The van der Waals surface area contributed by atoms with E-state index in [1.165, 1.54) is 0 Å². The SMILES string of the molecule is CCCCN(CCCCO)C(=O)[C@@H]1CCCN(CC(N)=O)C1. The fourth-order valence-electron chi connectivity index (χ4n) is 2.97. The van der Waals surface area contributed by atoms with Crippen LogP contribution in [0.4, 0.5) is 0 Å². The second kappa shape index (κ2) is 10.6. The molecule has 6 nitrogen and oxygen atoms in total. The van der Waals surface area contributed by atoms with Crippen LogP contribution in [0.25, 0.3) is 0 Å². The van der Waals surface area contributed by atoms with Gasteiger partial charge in [0.25, 0.3) is 0 Å². The van der Waals surface area contributed by atoms with Gasteiger partial charge in [0, 0.05) is 26.2 Å². The molecule has 1 aliphatic rings. The largest absolute Gasteiger partial charge is 0.396 e. The van der Waals surface area contributed by atoms with Crippen LogP contribution in [0.5, 0.6) is 0 Å². The minimum Gasteiger partial charge on any atom is -0.396 e. The van der Waals surface area contributed by atoms with Crippen LogP contribution in [0.1, 0.15) is 45.4 Å². The smallest absolute Gasteiger partial charge is 0.231 e. The Morgan fingerprint density at radius 1 is 1.27 bits per heavy atom. The molecule has 1 atom stereocenters. The molecular formula is C16H31N3O3. The normalized spacial score (nSPS) is 19.1. The zero-order valence-electron chi connectivity index (χ0n) is 13.8. The molecule has 1 saturated heterocycles. The second-order valence-corrected chi connectivity index (χ2v) is 6.15. The highest BCUT2D eigenvalue weighted by molar-refractivity contribution is 5.79. The summed E-state index contributed by atoms with van der Waals surface area (Å²) in [7, 11) is 0. The van der Waals surface area contributed by atoms with Crippen LogP contribution in [0, 0.1) is 5.92 Å². The second-order valence-electron chi connectivity index (χ2n) is 6.15. The van der Waals surface area contributed by atoms with E-state index in [9.17, 15) is 9.59 Å². The Bertz CT molecular complexity index is 350. The molecule has 0 saturated carbocycles. The zero-order valence-corrected chi connectivity index (χ0v) is 13.8. The van der Waals surface area contributed by atoms with Crippen molar-refractivity contribution in [3.8, 4) is 0 Å². The van der Waals surface area contributed by atoms with Gasteiger partial charge in [-0.3, -0.25) is 14.5 Å². The molecule has 1 aliphatic heterocycles. The first-order chi connectivity index (χ1) is 10.6. The van der Waals surface area contributed by atoms with Gasteiger partial charge in [0.15, 0.2) is 0 Å². The van der Waals surface area contributed by atoms with E-state index in [1.54, 1.807) is 0 Å². The van der Waals surface area contributed by atoms with Gasteiger partial charge in [-0.1, -0.05) is 13.3 Å². The maximum absolute atomic E-state index is 12.8. The third kappa shape index (κ3) is 6.75. The lowest BCUT2D eigenvalue weighted by Gasteiger charge is -2.34. The average Bonchev–Trinajstić information content (AvgIpc) is 2.49. The summed E-state index contributed by atoms with van der Waals surface area (Å²) in [6.07, 6.45) is 5.45. The first kappa shape index (κ1) is 18.9. The van der Waals surface area contributed by atoms with Gasteiger partial charge < -0.3 is 15.7 Å². The van der Waals surface area contributed by atoms with Gasteiger partial charge in [-0.05, 0) is 38.6 Å².